The summed E-state index contributed by atoms with van der Waals surface area (Å²) < 4.78 is 13.3. The zero-order valence-corrected chi connectivity index (χ0v) is 13.3. The van der Waals surface area contributed by atoms with Gasteiger partial charge in [-0.05, 0) is 38.0 Å². The third-order valence-corrected chi connectivity index (χ3v) is 4.80. The summed E-state index contributed by atoms with van der Waals surface area (Å²) in [5.41, 5.74) is -0.224. The lowest BCUT2D eigenvalue weighted by atomic mass is 9.82. The number of fused-ring (bicyclic) bond motifs is 1. The molecule has 1 aromatic carbocycles. The average Bonchev–Trinajstić information content (AvgIpc) is 2.83. The van der Waals surface area contributed by atoms with Crippen molar-refractivity contribution in [3.63, 3.8) is 0 Å². The van der Waals surface area contributed by atoms with E-state index in [0.29, 0.717) is 30.3 Å². The number of carbonyl (C=O) groups excluding carboxylic acids is 1. The van der Waals surface area contributed by atoms with Crippen LogP contribution in [0.1, 0.15) is 30.3 Å². The normalized spacial score (nSPS) is 21.6. The molecule has 1 aromatic heterocycles. The van der Waals surface area contributed by atoms with Crippen LogP contribution in [0.2, 0.25) is 5.02 Å². The number of carbonyl (C=O) groups is 2. The second-order valence-electron chi connectivity index (χ2n) is 6.20. The minimum Gasteiger partial charge on any atom is -0.481 e. The number of likely N-dealkylation sites (tertiary alicyclic amines) is 1. The maximum absolute atomic E-state index is 13.3. The van der Waals surface area contributed by atoms with E-state index < -0.39 is 17.2 Å². The number of amides is 1. The van der Waals surface area contributed by atoms with Gasteiger partial charge < -0.3 is 15.0 Å². The SMILES string of the molecule is CC1(C(=O)O)CCCN(C(=O)c2[nH]c3ccc(F)cc3c2Cl)C1. The summed E-state index contributed by atoms with van der Waals surface area (Å²) in [4.78, 5) is 28.5. The van der Waals surface area contributed by atoms with Gasteiger partial charge in [-0.1, -0.05) is 11.6 Å². The first-order valence-electron chi connectivity index (χ1n) is 7.31. The van der Waals surface area contributed by atoms with Gasteiger partial charge in [0.25, 0.3) is 5.91 Å². The number of benzene rings is 1. The van der Waals surface area contributed by atoms with E-state index in [9.17, 15) is 19.1 Å². The largest absolute Gasteiger partial charge is 0.481 e. The summed E-state index contributed by atoms with van der Waals surface area (Å²) in [6.07, 6.45) is 1.14. The second kappa shape index (κ2) is 5.53. The Kier molecular flexibility index (Phi) is 3.80. The molecule has 2 aromatic rings. The molecule has 0 bridgehead atoms. The molecule has 0 radical (unpaired) electrons. The van der Waals surface area contributed by atoms with Crippen molar-refractivity contribution in [3.8, 4) is 0 Å². The van der Waals surface area contributed by atoms with Crippen LogP contribution in [0, 0.1) is 11.2 Å². The van der Waals surface area contributed by atoms with Crippen molar-refractivity contribution in [2.45, 2.75) is 19.8 Å². The van der Waals surface area contributed by atoms with Gasteiger partial charge in [-0.3, -0.25) is 9.59 Å². The zero-order valence-electron chi connectivity index (χ0n) is 12.5. The van der Waals surface area contributed by atoms with Crippen LogP contribution in [-0.2, 0) is 4.79 Å². The van der Waals surface area contributed by atoms with Crippen molar-refractivity contribution in [2.24, 2.45) is 5.41 Å². The molecule has 0 spiro atoms. The number of piperidine rings is 1. The molecule has 7 heteroatoms. The van der Waals surface area contributed by atoms with Crippen LogP contribution >= 0.6 is 11.6 Å². The van der Waals surface area contributed by atoms with Gasteiger partial charge in [0.05, 0.1) is 10.4 Å². The molecule has 5 nitrogen and oxygen atoms in total. The van der Waals surface area contributed by atoms with Gasteiger partial charge in [-0.15, -0.1) is 0 Å². The number of nitrogens with one attached hydrogen (secondary N) is 1. The molecule has 1 fully saturated rings. The number of nitrogens with zero attached hydrogens (tertiary/aromatic N) is 1. The highest BCUT2D eigenvalue weighted by Gasteiger charge is 2.40. The molecule has 23 heavy (non-hydrogen) atoms. The molecule has 122 valence electrons. The number of aromatic nitrogens is 1. The molecule has 0 saturated carbocycles. The molecule has 1 aliphatic rings. The topological polar surface area (TPSA) is 73.4 Å². The van der Waals surface area contributed by atoms with Crippen molar-refractivity contribution < 1.29 is 19.1 Å². The van der Waals surface area contributed by atoms with Gasteiger partial charge in [-0.2, -0.15) is 0 Å². The fourth-order valence-electron chi connectivity index (χ4n) is 3.02. The number of hydrogen-bond donors (Lipinski definition) is 2. The lowest BCUT2D eigenvalue weighted by Crippen LogP contribution is -2.48. The summed E-state index contributed by atoms with van der Waals surface area (Å²) in [5, 5.41) is 9.95. The number of aromatic amines is 1. The Bertz CT molecular complexity index is 804. The van der Waals surface area contributed by atoms with Crippen LogP contribution in [0.25, 0.3) is 10.9 Å². The molecule has 1 saturated heterocycles. The van der Waals surface area contributed by atoms with E-state index in [1.54, 1.807) is 6.92 Å². The van der Waals surface area contributed by atoms with Gasteiger partial charge >= 0.3 is 5.97 Å². The van der Waals surface area contributed by atoms with E-state index in [1.165, 1.54) is 23.1 Å². The van der Waals surface area contributed by atoms with Crippen molar-refractivity contribution in [1.82, 2.24) is 9.88 Å². The Morgan fingerprint density at radius 1 is 1.43 bits per heavy atom. The Balaban J connectivity index is 1.94. The first-order chi connectivity index (χ1) is 10.8. The summed E-state index contributed by atoms with van der Waals surface area (Å²) >= 11 is 6.22. The Morgan fingerprint density at radius 2 is 2.17 bits per heavy atom. The van der Waals surface area contributed by atoms with E-state index in [-0.39, 0.29) is 23.2 Å². The number of halogens is 2. The zero-order chi connectivity index (χ0) is 16.8. The van der Waals surface area contributed by atoms with Crippen LogP contribution < -0.4 is 0 Å². The van der Waals surface area contributed by atoms with Gasteiger partial charge in [0.2, 0.25) is 0 Å². The highest BCUT2D eigenvalue weighted by atomic mass is 35.5. The first-order valence-corrected chi connectivity index (χ1v) is 7.69. The van der Waals surface area contributed by atoms with Crippen LogP contribution in [-0.4, -0.2) is 40.0 Å². The van der Waals surface area contributed by atoms with Crippen molar-refractivity contribution in [1.29, 1.82) is 0 Å². The van der Waals surface area contributed by atoms with E-state index >= 15 is 0 Å². The Morgan fingerprint density at radius 3 is 2.87 bits per heavy atom. The summed E-state index contributed by atoms with van der Waals surface area (Å²) in [6.45, 7) is 2.24. The maximum atomic E-state index is 13.3. The quantitative estimate of drug-likeness (QED) is 0.882. The third kappa shape index (κ3) is 2.67. The molecular weight excluding hydrogens is 323 g/mol. The minimum atomic E-state index is -0.960. The standard InChI is InChI=1S/C16H16ClFN2O3/c1-16(15(22)23)5-2-6-20(8-16)14(21)13-12(17)10-7-9(18)3-4-11(10)19-13/h3-4,7,19H,2,5-6,8H2,1H3,(H,22,23). The van der Waals surface area contributed by atoms with Gasteiger partial charge in [-0.25, -0.2) is 4.39 Å². The minimum absolute atomic E-state index is 0.126. The highest BCUT2D eigenvalue weighted by molar-refractivity contribution is 6.38. The Labute approximate surface area is 137 Å². The molecule has 1 unspecified atom stereocenters. The first kappa shape index (κ1) is 15.8. The molecule has 2 N–H and O–H groups in total. The van der Waals surface area contributed by atoms with Crippen LogP contribution in [0.15, 0.2) is 18.2 Å². The molecule has 1 atom stereocenters. The van der Waals surface area contributed by atoms with Crippen molar-refractivity contribution in [3.05, 3.63) is 34.7 Å². The Hall–Kier alpha value is -2.08. The predicted octanol–water partition coefficient (Wildman–Crippen LogP) is 3.29. The number of carboxylic acids is 1. The monoisotopic (exact) mass is 338 g/mol. The van der Waals surface area contributed by atoms with E-state index in [4.69, 9.17) is 11.6 Å². The second-order valence-corrected chi connectivity index (χ2v) is 6.58. The fourth-order valence-corrected chi connectivity index (χ4v) is 3.31. The van der Waals surface area contributed by atoms with Gasteiger partial charge in [0.1, 0.15) is 11.5 Å². The average molecular weight is 339 g/mol. The number of aliphatic carboxylic acids is 1. The number of rotatable bonds is 2. The molecule has 1 aliphatic heterocycles. The number of H-pyrrole nitrogens is 1. The molecule has 1 amide bonds. The van der Waals surface area contributed by atoms with Crippen LogP contribution in [0.3, 0.4) is 0 Å². The summed E-state index contributed by atoms with van der Waals surface area (Å²) in [5.74, 6) is -1.72. The molecule has 3 rings (SSSR count). The lowest BCUT2D eigenvalue weighted by Gasteiger charge is -2.37. The van der Waals surface area contributed by atoms with Gasteiger partial charge in [0.15, 0.2) is 0 Å². The van der Waals surface area contributed by atoms with Crippen LogP contribution in [0.5, 0.6) is 0 Å². The van der Waals surface area contributed by atoms with Crippen LogP contribution in [0.4, 0.5) is 4.39 Å². The lowest BCUT2D eigenvalue weighted by molar-refractivity contribution is -0.150. The predicted molar refractivity (Wildman–Crippen MR) is 84.1 cm³/mol. The summed E-state index contributed by atoms with van der Waals surface area (Å²) in [7, 11) is 0. The smallest absolute Gasteiger partial charge is 0.311 e. The molecule has 0 aliphatic carbocycles. The van der Waals surface area contributed by atoms with E-state index in [2.05, 4.69) is 4.98 Å². The number of carboxylic acid groups (broad SMARTS) is 1. The third-order valence-electron chi connectivity index (χ3n) is 4.41. The van der Waals surface area contributed by atoms with Crippen molar-refractivity contribution in [2.75, 3.05) is 13.1 Å². The van der Waals surface area contributed by atoms with Crippen molar-refractivity contribution >= 4 is 34.4 Å². The molecule has 2 heterocycles. The maximum Gasteiger partial charge on any atom is 0.311 e. The molecular formula is C16H16ClFN2O3. The fraction of sp³-hybridized carbons (Fsp3) is 0.375. The summed E-state index contributed by atoms with van der Waals surface area (Å²) in [6, 6.07) is 4.07. The van der Waals surface area contributed by atoms with Gasteiger partial charge in [0, 0.05) is 24.0 Å². The highest BCUT2D eigenvalue weighted by Crippen LogP contribution is 2.33. The van der Waals surface area contributed by atoms with E-state index in [0.717, 1.165) is 0 Å². The number of hydrogen-bond acceptors (Lipinski definition) is 2. The van der Waals surface area contributed by atoms with E-state index in [1.807, 2.05) is 0 Å².